The lowest BCUT2D eigenvalue weighted by Gasteiger charge is -2.39. The second-order valence-electron chi connectivity index (χ2n) is 12.8. The van der Waals surface area contributed by atoms with Gasteiger partial charge in [0.05, 0.1) is 22.3 Å². The molecule has 52 heavy (non-hydrogen) atoms. The molecule has 2 aliphatic heterocycles. The molecule has 6 aromatic carbocycles. The SMILES string of the molecule is O=C1c2ccc3c4c(ccc(c24)C(=O)N1N(Cc1ccccc1)Cc1ccc(Cl)cc1)C(=O)N(N(Cc1ccccc1)Cc1ccc(Cl)cc1)C3=O. The summed E-state index contributed by atoms with van der Waals surface area (Å²) in [4.78, 5) is 57.7. The van der Waals surface area contributed by atoms with E-state index in [1.54, 1.807) is 58.5 Å². The lowest BCUT2D eigenvalue weighted by atomic mass is 9.86. The fraction of sp³-hybridized carbons (Fsp3) is 0.0952. The van der Waals surface area contributed by atoms with Gasteiger partial charge in [-0.2, -0.15) is 0 Å². The van der Waals surface area contributed by atoms with Crippen LogP contribution in [-0.2, 0) is 26.2 Å². The number of hydrogen-bond donors (Lipinski definition) is 0. The number of hydrogen-bond acceptors (Lipinski definition) is 6. The van der Waals surface area contributed by atoms with E-state index in [1.165, 1.54) is 10.0 Å². The second kappa shape index (κ2) is 13.8. The maximum absolute atomic E-state index is 14.4. The van der Waals surface area contributed by atoms with E-state index >= 15 is 0 Å². The van der Waals surface area contributed by atoms with Gasteiger partial charge in [-0.25, -0.2) is 20.0 Å². The quantitative estimate of drug-likeness (QED) is 0.132. The molecule has 8 nitrogen and oxygen atoms in total. The molecule has 0 saturated heterocycles. The molecule has 8 rings (SSSR count). The number of carbonyl (C=O) groups is 4. The number of hydrazine groups is 2. The summed E-state index contributed by atoms with van der Waals surface area (Å²) in [7, 11) is 0. The van der Waals surface area contributed by atoms with Crippen LogP contribution in [0.5, 0.6) is 0 Å². The van der Waals surface area contributed by atoms with Crippen LogP contribution in [0.25, 0.3) is 10.8 Å². The molecule has 2 heterocycles. The van der Waals surface area contributed by atoms with Gasteiger partial charge in [0, 0.05) is 47.0 Å². The van der Waals surface area contributed by atoms with Crippen molar-refractivity contribution in [3.8, 4) is 0 Å². The number of amides is 4. The van der Waals surface area contributed by atoms with Gasteiger partial charge in [0.1, 0.15) is 0 Å². The summed E-state index contributed by atoms with van der Waals surface area (Å²) in [5.41, 5.74) is 4.47. The molecular weight excluding hydrogens is 695 g/mol. The first-order valence-electron chi connectivity index (χ1n) is 16.7. The maximum atomic E-state index is 14.4. The van der Waals surface area contributed by atoms with E-state index in [0.717, 1.165) is 22.3 Å². The standard InChI is InChI=1S/C42H30Cl2N4O4/c43-31-15-11-29(12-16-31)25-45(23-27-7-3-1-4-8-27)47-39(49)33-19-21-35-38-36(22-20-34(37(33)38)40(47)50)42(52)48(41(35)51)46(24-28-9-5-2-6-10-28)26-30-13-17-32(44)18-14-30/h1-22H,23-26H2. The molecule has 4 amide bonds. The molecule has 0 saturated carbocycles. The normalized spacial score (nSPS) is 13.9. The van der Waals surface area contributed by atoms with Crippen molar-refractivity contribution >= 4 is 57.6 Å². The van der Waals surface area contributed by atoms with E-state index in [4.69, 9.17) is 23.2 Å². The molecule has 256 valence electrons. The lowest BCUT2D eigenvalue weighted by molar-refractivity contribution is -0.0136. The Morgan fingerprint density at radius 2 is 0.635 bits per heavy atom. The summed E-state index contributed by atoms with van der Waals surface area (Å²) in [5.74, 6) is -2.16. The third-order valence-electron chi connectivity index (χ3n) is 9.39. The van der Waals surface area contributed by atoms with Crippen LogP contribution in [-0.4, -0.2) is 43.7 Å². The van der Waals surface area contributed by atoms with Crippen LogP contribution < -0.4 is 0 Å². The molecular formula is C42H30Cl2N4O4. The van der Waals surface area contributed by atoms with Gasteiger partial charge < -0.3 is 0 Å². The Hall–Kier alpha value is -5.64. The minimum absolute atomic E-state index is 0.237. The number of nitrogens with zero attached hydrogens (tertiary/aromatic N) is 4. The number of halogens is 2. The second-order valence-corrected chi connectivity index (χ2v) is 13.7. The molecule has 0 unspecified atom stereocenters. The van der Waals surface area contributed by atoms with Crippen LogP contribution in [0.4, 0.5) is 0 Å². The predicted molar refractivity (Wildman–Crippen MR) is 199 cm³/mol. The number of carbonyl (C=O) groups excluding carboxylic acids is 4. The first kappa shape index (κ1) is 33.5. The van der Waals surface area contributed by atoms with E-state index in [9.17, 15) is 19.2 Å². The maximum Gasteiger partial charge on any atom is 0.276 e. The molecule has 0 aromatic heterocycles. The van der Waals surface area contributed by atoms with Gasteiger partial charge in [0.25, 0.3) is 23.6 Å². The fourth-order valence-electron chi connectivity index (χ4n) is 6.95. The highest BCUT2D eigenvalue weighted by atomic mass is 35.5. The summed E-state index contributed by atoms with van der Waals surface area (Å²) in [6.45, 7) is 1.03. The minimum atomic E-state index is -0.540. The fourth-order valence-corrected chi connectivity index (χ4v) is 7.20. The van der Waals surface area contributed by atoms with Gasteiger partial charge in [-0.05, 0) is 70.8 Å². The highest BCUT2D eigenvalue weighted by Crippen LogP contribution is 2.39. The molecule has 0 radical (unpaired) electrons. The summed E-state index contributed by atoms with van der Waals surface area (Å²) in [6, 6.07) is 40.0. The van der Waals surface area contributed by atoms with E-state index in [-0.39, 0.29) is 48.4 Å². The van der Waals surface area contributed by atoms with Crippen molar-refractivity contribution in [3.05, 3.63) is 188 Å². The monoisotopic (exact) mass is 724 g/mol. The van der Waals surface area contributed by atoms with Crippen molar-refractivity contribution in [3.63, 3.8) is 0 Å². The zero-order valence-electron chi connectivity index (χ0n) is 27.7. The molecule has 6 aromatic rings. The summed E-state index contributed by atoms with van der Waals surface area (Å²) >= 11 is 12.3. The van der Waals surface area contributed by atoms with Crippen LogP contribution in [0.2, 0.25) is 10.0 Å². The average molecular weight is 726 g/mol. The molecule has 10 heteroatoms. The highest BCUT2D eigenvalue weighted by molar-refractivity contribution is 6.33. The number of imide groups is 2. The Morgan fingerprint density at radius 1 is 0.365 bits per heavy atom. The average Bonchev–Trinajstić information content (AvgIpc) is 3.15. The van der Waals surface area contributed by atoms with Crippen LogP contribution >= 0.6 is 23.2 Å². The minimum Gasteiger partial charge on any atom is -0.267 e. The van der Waals surface area contributed by atoms with Crippen molar-refractivity contribution in [2.24, 2.45) is 0 Å². The van der Waals surface area contributed by atoms with Gasteiger partial charge in [-0.15, -0.1) is 0 Å². The summed E-state index contributed by atoms with van der Waals surface area (Å²) in [5, 5.41) is 7.54. The third kappa shape index (κ3) is 6.16. The van der Waals surface area contributed by atoms with Crippen LogP contribution in [0.3, 0.4) is 0 Å². The molecule has 0 spiro atoms. The van der Waals surface area contributed by atoms with Gasteiger partial charge >= 0.3 is 0 Å². The van der Waals surface area contributed by atoms with Gasteiger partial charge in [0.2, 0.25) is 0 Å². The molecule has 0 N–H and O–H groups in total. The summed E-state index contributed by atoms with van der Waals surface area (Å²) < 4.78 is 0. The van der Waals surface area contributed by atoms with Crippen molar-refractivity contribution in [1.29, 1.82) is 0 Å². The molecule has 0 fully saturated rings. The Bertz CT molecular complexity index is 2130. The lowest BCUT2D eigenvalue weighted by Crippen LogP contribution is -2.53. The van der Waals surface area contributed by atoms with Crippen molar-refractivity contribution in [2.75, 3.05) is 0 Å². The third-order valence-corrected chi connectivity index (χ3v) is 9.89. The number of benzene rings is 6. The first-order chi connectivity index (χ1) is 25.3. The van der Waals surface area contributed by atoms with Gasteiger partial charge in [-0.1, -0.05) is 108 Å². The van der Waals surface area contributed by atoms with Gasteiger partial charge in [0.15, 0.2) is 0 Å². The van der Waals surface area contributed by atoms with Crippen LogP contribution in [0.1, 0.15) is 63.7 Å². The molecule has 0 aliphatic carbocycles. The Morgan fingerprint density at radius 3 is 0.923 bits per heavy atom. The van der Waals surface area contributed by atoms with Crippen molar-refractivity contribution in [1.82, 2.24) is 20.0 Å². The highest BCUT2D eigenvalue weighted by Gasteiger charge is 2.43. The van der Waals surface area contributed by atoms with Gasteiger partial charge in [-0.3, -0.25) is 19.2 Å². The zero-order chi connectivity index (χ0) is 35.9. The Labute approximate surface area is 309 Å². The Kier molecular flexibility index (Phi) is 8.90. The molecule has 2 aliphatic rings. The van der Waals surface area contributed by atoms with E-state index in [2.05, 4.69) is 0 Å². The number of rotatable bonds is 10. The molecule has 0 bridgehead atoms. The topological polar surface area (TPSA) is 81.2 Å². The first-order valence-corrected chi connectivity index (χ1v) is 17.5. The van der Waals surface area contributed by atoms with Crippen LogP contribution in [0, 0.1) is 0 Å². The van der Waals surface area contributed by atoms with E-state index in [0.29, 0.717) is 20.8 Å². The van der Waals surface area contributed by atoms with Crippen molar-refractivity contribution < 1.29 is 19.2 Å². The zero-order valence-corrected chi connectivity index (χ0v) is 29.2. The van der Waals surface area contributed by atoms with E-state index in [1.807, 2.05) is 84.9 Å². The van der Waals surface area contributed by atoms with Crippen LogP contribution in [0.15, 0.2) is 133 Å². The van der Waals surface area contributed by atoms with Crippen molar-refractivity contribution in [2.45, 2.75) is 26.2 Å². The smallest absolute Gasteiger partial charge is 0.267 e. The Balaban J connectivity index is 1.18. The largest absolute Gasteiger partial charge is 0.276 e. The molecule has 0 atom stereocenters. The van der Waals surface area contributed by atoms with E-state index < -0.39 is 23.6 Å². The predicted octanol–water partition coefficient (Wildman–Crippen LogP) is 8.57. The summed E-state index contributed by atoms with van der Waals surface area (Å²) in [6.07, 6.45) is 0.